The summed E-state index contributed by atoms with van der Waals surface area (Å²) in [6.45, 7) is 8.68. The fourth-order valence-corrected chi connectivity index (χ4v) is 1.97. The largest absolute Gasteiger partial charge is 0.496 e. The van der Waals surface area contributed by atoms with E-state index < -0.39 is 6.10 Å². The average molecular weight is 237 g/mol. The fraction of sp³-hybridized carbons (Fsp3) is 0.571. The van der Waals surface area contributed by atoms with Crippen molar-refractivity contribution in [2.75, 3.05) is 13.7 Å². The Morgan fingerprint density at radius 3 is 2.47 bits per heavy atom. The van der Waals surface area contributed by atoms with Gasteiger partial charge in [0.2, 0.25) is 0 Å². The molecule has 0 fully saturated rings. The van der Waals surface area contributed by atoms with E-state index in [9.17, 15) is 5.11 Å². The third-order valence-corrected chi connectivity index (χ3v) is 2.73. The van der Waals surface area contributed by atoms with Crippen molar-refractivity contribution in [1.29, 1.82) is 0 Å². The minimum absolute atomic E-state index is 0.363. The molecule has 0 aliphatic heterocycles. The van der Waals surface area contributed by atoms with E-state index >= 15 is 0 Å². The van der Waals surface area contributed by atoms with Crippen LogP contribution in [-0.4, -0.2) is 24.8 Å². The number of nitrogens with one attached hydrogen (secondary N) is 1. The van der Waals surface area contributed by atoms with E-state index in [1.165, 1.54) is 0 Å². The van der Waals surface area contributed by atoms with E-state index in [2.05, 4.69) is 25.2 Å². The van der Waals surface area contributed by atoms with Crippen LogP contribution in [-0.2, 0) is 0 Å². The van der Waals surface area contributed by atoms with Crippen LogP contribution in [0.3, 0.4) is 0 Å². The quantitative estimate of drug-likeness (QED) is 0.826. The molecule has 1 rings (SSSR count). The van der Waals surface area contributed by atoms with Crippen LogP contribution in [0, 0.1) is 13.8 Å². The predicted molar refractivity (Wildman–Crippen MR) is 70.6 cm³/mol. The van der Waals surface area contributed by atoms with Crippen molar-refractivity contribution in [3.63, 3.8) is 0 Å². The fourth-order valence-electron chi connectivity index (χ4n) is 1.97. The molecule has 3 heteroatoms. The van der Waals surface area contributed by atoms with Gasteiger partial charge in [-0.3, -0.25) is 0 Å². The monoisotopic (exact) mass is 237 g/mol. The van der Waals surface area contributed by atoms with Gasteiger partial charge in [-0.1, -0.05) is 25.5 Å². The highest BCUT2D eigenvalue weighted by molar-refractivity contribution is 5.45. The molecule has 0 heterocycles. The zero-order valence-corrected chi connectivity index (χ0v) is 11.4. The van der Waals surface area contributed by atoms with Gasteiger partial charge in [0.25, 0.3) is 0 Å². The molecule has 0 aliphatic carbocycles. The molecule has 0 radical (unpaired) electrons. The van der Waals surface area contributed by atoms with Gasteiger partial charge in [0.1, 0.15) is 5.75 Å². The summed E-state index contributed by atoms with van der Waals surface area (Å²) in [6.07, 6.45) is -0.536. The number of methoxy groups -OCH3 is 1. The Morgan fingerprint density at radius 2 is 1.94 bits per heavy atom. The van der Waals surface area contributed by atoms with Gasteiger partial charge in [-0.2, -0.15) is 0 Å². The van der Waals surface area contributed by atoms with Crippen molar-refractivity contribution < 1.29 is 9.84 Å². The van der Waals surface area contributed by atoms with Crippen molar-refractivity contribution in [2.24, 2.45) is 0 Å². The van der Waals surface area contributed by atoms with Crippen LogP contribution in [0.15, 0.2) is 12.1 Å². The van der Waals surface area contributed by atoms with E-state index in [1.54, 1.807) is 7.11 Å². The number of aliphatic hydroxyl groups is 1. The normalized spacial score (nSPS) is 12.9. The van der Waals surface area contributed by atoms with Gasteiger partial charge in [0.05, 0.1) is 13.2 Å². The Labute approximate surface area is 104 Å². The van der Waals surface area contributed by atoms with Crippen LogP contribution in [0.5, 0.6) is 5.75 Å². The maximum atomic E-state index is 10.2. The van der Waals surface area contributed by atoms with E-state index in [-0.39, 0.29) is 0 Å². The average Bonchev–Trinajstić information content (AvgIpc) is 2.24. The molecule has 96 valence electrons. The topological polar surface area (TPSA) is 41.5 Å². The molecule has 1 aromatic carbocycles. The summed E-state index contributed by atoms with van der Waals surface area (Å²) in [5.74, 6) is 0.786. The summed E-state index contributed by atoms with van der Waals surface area (Å²) < 4.78 is 5.37. The Balaban J connectivity index is 2.95. The molecule has 1 unspecified atom stereocenters. The van der Waals surface area contributed by atoms with Crippen molar-refractivity contribution in [1.82, 2.24) is 5.32 Å². The van der Waals surface area contributed by atoms with Crippen molar-refractivity contribution in [3.05, 3.63) is 28.8 Å². The zero-order chi connectivity index (χ0) is 13.0. The second-order valence-electron chi connectivity index (χ2n) is 4.78. The highest BCUT2D eigenvalue weighted by Gasteiger charge is 2.15. The molecule has 0 aromatic heterocycles. The van der Waals surface area contributed by atoms with Gasteiger partial charge in [-0.05, 0) is 25.5 Å². The van der Waals surface area contributed by atoms with Gasteiger partial charge in [-0.25, -0.2) is 0 Å². The second kappa shape index (κ2) is 6.03. The molecular weight excluding hydrogens is 214 g/mol. The SMILES string of the molecule is COc1c(C)cc(C)cc1C(O)CNC(C)C. The molecule has 1 atom stereocenters. The predicted octanol–water partition coefficient (Wildman–Crippen LogP) is 2.34. The Kier molecular flexibility index (Phi) is 4.97. The molecule has 0 aliphatic rings. The smallest absolute Gasteiger partial charge is 0.127 e. The summed E-state index contributed by atoms with van der Waals surface area (Å²) >= 11 is 0. The molecule has 0 amide bonds. The van der Waals surface area contributed by atoms with Crippen LogP contribution in [0.1, 0.15) is 36.6 Å². The Bertz CT molecular complexity index is 375. The number of benzene rings is 1. The lowest BCUT2D eigenvalue weighted by atomic mass is 10.0. The molecule has 2 N–H and O–H groups in total. The summed E-state index contributed by atoms with van der Waals surface area (Å²) in [5, 5.41) is 13.4. The van der Waals surface area contributed by atoms with E-state index in [4.69, 9.17) is 4.74 Å². The van der Waals surface area contributed by atoms with E-state index in [0.29, 0.717) is 12.6 Å². The number of aryl methyl sites for hydroxylation is 2. The summed E-state index contributed by atoms with van der Waals surface area (Å²) in [4.78, 5) is 0. The second-order valence-corrected chi connectivity index (χ2v) is 4.78. The molecule has 1 aromatic rings. The maximum absolute atomic E-state index is 10.2. The van der Waals surface area contributed by atoms with Gasteiger partial charge in [-0.15, -0.1) is 0 Å². The number of hydrogen-bond acceptors (Lipinski definition) is 3. The van der Waals surface area contributed by atoms with Crippen LogP contribution < -0.4 is 10.1 Å². The van der Waals surface area contributed by atoms with Gasteiger partial charge in [0, 0.05) is 18.2 Å². The summed E-state index contributed by atoms with van der Waals surface area (Å²) in [7, 11) is 1.64. The first-order valence-electron chi connectivity index (χ1n) is 6.02. The third kappa shape index (κ3) is 3.72. The van der Waals surface area contributed by atoms with Crippen LogP contribution in [0.25, 0.3) is 0 Å². The molecule has 3 nitrogen and oxygen atoms in total. The van der Waals surface area contributed by atoms with Crippen LogP contribution >= 0.6 is 0 Å². The Hall–Kier alpha value is -1.06. The van der Waals surface area contributed by atoms with Gasteiger partial charge < -0.3 is 15.2 Å². The van der Waals surface area contributed by atoms with Crippen LogP contribution in [0.2, 0.25) is 0 Å². The number of rotatable bonds is 5. The maximum Gasteiger partial charge on any atom is 0.127 e. The van der Waals surface area contributed by atoms with Crippen LogP contribution in [0.4, 0.5) is 0 Å². The Morgan fingerprint density at radius 1 is 1.29 bits per heavy atom. The van der Waals surface area contributed by atoms with Crippen molar-refractivity contribution in [3.8, 4) is 5.75 Å². The number of hydrogen-bond donors (Lipinski definition) is 2. The van der Waals surface area contributed by atoms with Gasteiger partial charge in [0.15, 0.2) is 0 Å². The van der Waals surface area contributed by atoms with Crippen molar-refractivity contribution >= 4 is 0 Å². The summed E-state index contributed by atoms with van der Waals surface area (Å²) in [5.41, 5.74) is 3.06. The lowest BCUT2D eigenvalue weighted by Gasteiger charge is -2.19. The summed E-state index contributed by atoms with van der Waals surface area (Å²) in [6, 6.07) is 4.41. The minimum Gasteiger partial charge on any atom is -0.496 e. The zero-order valence-electron chi connectivity index (χ0n) is 11.4. The van der Waals surface area contributed by atoms with Gasteiger partial charge >= 0.3 is 0 Å². The van der Waals surface area contributed by atoms with Crippen molar-refractivity contribution in [2.45, 2.75) is 39.8 Å². The third-order valence-electron chi connectivity index (χ3n) is 2.73. The number of ether oxygens (including phenoxy) is 1. The first-order valence-corrected chi connectivity index (χ1v) is 6.02. The molecule has 0 saturated heterocycles. The highest BCUT2D eigenvalue weighted by Crippen LogP contribution is 2.29. The van der Waals surface area contributed by atoms with E-state index in [0.717, 1.165) is 22.4 Å². The lowest BCUT2D eigenvalue weighted by molar-refractivity contribution is 0.167. The minimum atomic E-state index is -0.536. The highest BCUT2D eigenvalue weighted by atomic mass is 16.5. The molecule has 0 bridgehead atoms. The first kappa shape index (κ1) is 14.0. The molecule has 0 spiro atoms. The number of aliphatic hydroxyl groups excluding tert-OH is 1. The molecule has 0 saturated carbocycles. The molecule has 17 heavy (non-hydrogen) atoms. The first-order chi connectivity index (χ1) is 7.95. The lowest BCUT2D eigenvalue weighted by Crippen LogP contribution is -2.28. The molecular formula is C14H23NO2. The van der Waals surface area contributed by atoms with E-state index in [1.807, 2.05) is 19.9 Å². The standard InChI is InChI=1S/C14H23NO2/c1-9(2)15-8-13(16)12-7-10(3)6-11(4)14(12)17-5/h6-7,9,13,15-16H,8H2,1-5H3.